The maximum absolute atomic E-state index is 12.1. The molecule has 0 radical (unpaired) electrons. The molecule has 2 aliphatic rings. The van der Waals surface area contributed by atoms with Gasteiger partial charge in [0.2, 0.25) is 0 Å². The van der Waals surface area contributed by atoms with Crippen LogP contribution in [-0.4, -0.2) is 42.9 Å². The van der Waals surface area contributed by atoms with E-state index in [1.165, 1.54) is 17.1 Å². The Morgan fingerprint density at radius 1 is 1.32 bits per heavy atom. The minimum absolute atomic E-state index is 0.0466. The molecule has 110 valence electrons. The third kappa shape index (κ3) is 4.15. The van der Waals surface area contributed by atoms with E-state index in [9.17, 15) is 13.2 Å². The Bertz CT molecular complexity index is 425. The summed E-state index contributed by atoms with van der Waals surface area (Å²) in [6, 6.07) is -0.0466. The van der Waals surface area contributed by atoms with Gasteiger partial charge >= 0.3 is 5.97 Å². The normalized spacial score (nSPS) is 24.3. The molecule has 1 unspecified atom stereocenters. The van der Waals surface area contributed by atoms with Gasteiger partial charge in [0.15, 0.2) is 0 Å². The number of hydrogen-bond acceptors (Lipinski definition) is 3. The van der Waals surface area contributed by atoms with Crippen molar-refractivity contribution in [1.82, 2.24) is 9.03 Å². The third-order valence-corrected chi connectivity index (χ3v) is 5.62. The largest absolute Gasteiger partial charge is 0.481 e. The van der Waals surface area contributed by atoms with Gasteiger partial charge in [0.1, 0.15) is 0 Å². The quantitative estimate of drug-likeness (QED) is 0.758. The Balaban J connectivity index is 1.84. The Morgan fingerprint density at radius 3 is 2.37 bits per heavy atom. The van der Waals surface area contributed by atoms with E-state index in [0.29, 0.717) is 31.8 Å². The second-order valence-electron chi connectivity index (χ2n) is 5.71. The lowest BCUT2D eigenvalue weighted by atomic mass is 9.99. The molecular formula is C12H22N2O4S. The summed E-state index contributed by atoms with van der Waals surface area (Å²) in [6.45, 7) is 2.48. The van der Waals surface area contributed by atoms with Gasteiger partial charge in [-0.2, -0.15) is 17.4 Å². The van der Waals surface area contributed by atoms with Gasteiger partial charge in [0, 0.05) is 19.1 Å². The molecule has 1 aliphatic carbocycles. The summed E-state index contributed by atoms with van der Waals surface area (Å²) in [5.41, 5.74) is 0. The van der Waals surface area contributed by atoms with Crippen molar-refractivity contribution in [1.29, 1.82) is 0 Å². The molecule has 2 rings (SSSR count). The van der Waals surface area contributed by atoms with E-state index in [1.54, 1.807) is 0 Å². The zero-order valence-electron chi connectivity index (χ0n) is 11.2. The van der Waals surface area contributed by atoms with Gasteiger partial charge in [-0.3, -0.25) is 4.79 Å². The van der Waals surface area contributed by atoms with E-state index >= 15 is 0 Å². The van der Waals surface area contributed by atoms with Crippen molar-refractivity contribution >= 4 is 16.2 Å². The average Bonchev–Trinajstić information content (AvgIpc) is 3.12. The monoisotopic (exact) mass is 290 g/mol. The lowest BCUT2D eigenvalue weighted by Crippen LogP contribution is -2.48. The van der Waals surface area contributed by atoms with Crippen molar-refractivity contribution in [3.8, 4) is 0 Å². The highest BCUT2D eigenvalue weighted by molar-refractivity contribution is 7.87. The van der Waals surface area contributed by atoms with Crippen LogP contribution in [0.3, 0.4) is 0 Å². The van der Waals surface area contributed by atoms with E-state index in [2.05, 4.69) is 4.72 Å². The summed E-state index contributed by atoms with van der Waals surface area (Å²) < 4.78 is 28.3. The number of nitrogens with zero attached hydrogens (tertiary/aromatic N) is 1. The molecule has 0 aromatic carbocycles. The third-order valence-electron chi connectivity index (χ3n) is 3.88. The molecule has 1 saturated heterocycles. The van der Waals surface area contributed by atoms with Crippen molar-refractivity contribution in [2.24, 2.45) is 11.8 Å². The van der Waals surface area contributed by atoms with E-state index in [1.807, 2.05) is 6.92 Å². The molecule has 0 amide bonds. The molecule has 0 spiro atoms. The van der Waals surface area contributed by atoms with Gasteiger partial charge in [0.25, 0.3) is 10.2 Å². The zero-order valence-corrected chi connectivity index (χ0v) is 12.0. The lowest BCUT2D eigenvalue weighted by Gasteiger charge is -2.30. The fourth-order valence-corrected chi connectivity index (χ4v) is 4.02. The van der Waals surface area contributed by atoms with E-state index in [4.69, 9.17) is 5.11 Å². The Morgan fingerprint density at radius 2 is 1.89 bits per heavy atom. The summed E-state index contributed by atoms with van der Waals surface area (Å²) in [5, 5.41) is 8.90. The van der Waals surface area contributed by atoms with Gasteiger partial charge < -0.3 is 5.11 Å². The molecule has 1 heterocycles. The topological polar surface area (TPSA) is 86.7 Å². The number of carboxylic acids is 1. The number of aliphatic carboxylic acids is 1. The van der Waals surface area contributed by atoms with Crippen LogP contribution in [0.2, 0.25) is 0 Å². The van der Waals surface area contributed by atoms with Crippen molar-refractivity contribution in [3.63, 3.8) is 0 Å². The Hall–Kier alpha value is -0.660. The number of hydrogen-bond donors (Lipinski definition) is 2. The van der Waals surface area contributed by atoms with Crippen LogP contribution in [0.15, 0.2) is 0 Å². The maximum atomic E-state index is 12.1. The summed E-state index contributed by atoms with van der Waals surface area (Å²) in [6.07, 6.45) is 4.09. The van der Waals surface area contributed by atoms with Gasteiger partial charge in [-0.1, -0.05) is 12.8 Å². The second-order valence-corrected chi connectivity index (χ2v) is 7.42. The minimum atomic E-state index is -3.46. The zero-order chi connectivity index (χ0) is 14.0. The van der Waals surface area contributed by atoms with Gasteiger partial charge in [-0.15, -0.1) is 0 Å². The summed E-state index contributed by atoms with van der Waals surface area (Å²) in [5.74, 6) is -0.558. The molecule has 1 atom stereocenters. The number of rotatable bonds is 6. The molecule has 7 heteroatoms. The van der Waals surface area contributed by atoms with Gasteiger partial charge in [0.05, 0.1) is 5.92 Å². The fraction of sp³-hybridized carbons (Fsp3) is 0.917. The maximum Gasteiger partial charge on any atom is 0.306 e. The molecule has 0 bridgehead atoms. The first-order valence-corrected chi connectivity index (χ1v) is 8.32. The van der Waals surface area contributed by atoms with E-state index in [-0.39, 0.29) is 6.04 Å². The van der Waals surface area contributed by atoms with Crippen LogP contribution in [0.5, 0.6) is 0 Å². The SMILES string of the molecule is CC(CC1CC1)NS(=O)(=O)N1CCC(C(=O)O)CC1. The highest BCUT2D eigenvalue weighted by atomic mass is 32.2. The van der Waals surface area contributed by atoms with E-state index in [0.717, 1.165) is 6.42 Å². The minimum Gasteiger partial charge on any atom is -0.481 e. The molecule has 19 heavy (non-hydrogen) atoms. The molecular weight excluding hydrogens is 268 g/mol. The molecule has 2 N–H and O–H groups in total. The summed E-state index contributed by atoms with van der Waals surface area (Å²) in [4.78, 5) is 10.8. The second kappa shape index (κ2) is 5.76. The predicted molar refractivity (Wildman–Crippen MR) is 70.8 cm³/mol. The predicted octanol–water partition coefficient (Wildman–Crippen LogP) is 0.806. The fourth-order valence-electron chi connectivity index (χ4n) is 2.57. The first-order chi connectivity index (χ1) is 8.88. The highest BCUT2D eigenvalue weighted by Gasteiger charge is 2.32. The molecule has 2 fully saturated rings. The van der Waals surface area contributed by atoms with Crippen LogP contribution in [0.4, 0.5) is 0 Å². The summed E-state index contributed by atoms with van der Waals surface area (Å²) >= 11 is 0. The standard InChI is InChI=1S/C12H22N2O4S/c1-9(8-10-2-3-10)13-19(17,18)14-6-4-11(5-7-14)12(15)16/h9-11,13H,2-8H2,1H3,(H,15,16). The van der Waals surface area contributed by atoms with Crippen LogP contribution in [0, 0.1) is 11.8 Å². The molecule has 6 nitrogen and oxygen atoms in total. The Kier molecular flexibility index (Phi) is 4.47. The van der Waals surface area contributed by atoms with Crippen molar-refractivity contribution in [3.05, 3.63) is 0 Å². The molecule has 0 aromatic heterocycles. The van der Waals surface area contributed by atoms with Crippen molar-refractivity contribution < 1.29 is 18.3 Å². The van der Waals surface area contributed by atoms with Crippen LogP contribution < -0.4 is 4.72 Å². The molecule has 0 aromatic rings. The van der Waals surface area contributed by atoms with Crippen molar-refractivity contribution in [2.75, 3.05) is 13.1 Å². The van der Waals surface area contributed by atoms with Crippen LogP contribution in [-0.2, 0) is 15.0 Å². The first-order valence-electron chi connectivity index (χ1n) is 6.88. The van der Waals surface area contributed by atoms with Gasteiger partial charge in [-0.25, -0.2) is 0 Å². The van der Waals surface area contributed by atoms with Crippen LogP contribution >= 0.6 is 0 Å². The van der Waals surface area contributed by atoms with Crippen molar-refractivity contribution in [2.45, 2.75) is 45.1 Å². The van der Waals surface area contributed by atoms with Crippen LogP contribution in [0.25, 0.3) is 0 Å². The lowest BCUT2D eigenvalue weighted by molar-refractivity contribution is -0.142. The highest BCUT2D eigenvalue weighted by Crippen LogP contribution is 2.33. The first kappa shape index (κ1) is 14.7. The number of nitrogens with one attached hydrogen (secondary N) is 1. The number of carbonyl (C=O) groups is 1. The van der Waals surface area contributed by atoms with Crippen LogP contribution in [0.1, 0.15) is 39.0 Å². The van der Waals surface area contributed by atoms with Gasteiger partial charge in [-0.05, 0) is 32.1 Å². The van der Waals surface area contributed by atoms with E-state index < -0.39 is 22.1 Å². The number of carboxylic acid groups (broad SMARTS) is 1. The number of piperidine rings is 1. The molecule has 1 aliphatic heterocycles. The Labute approximate surface area is 114 Å². The summed E-state index contributed by atoms with van der Waals surface area (Å²) in [7, 11) is -3.46. The molecule has 1 saturated carbocycles. The smallest absolute Gasteiger partial charge is 0.306 e. The average molecular weight is 290 g/mol.